The van der Waals surface area contributed by atoms with Crippen LogP contribution in [0.3, 0.4) is 0 Å². The first-order chi connectivity index (χ1) is 9.47. The van der Waals surface area contributed by atoms with Gasteiger partial charge in [0.15, 0.2) is 6.10 Å². The van der Waals surface area contributed by atoms with Gasteiger partial charge < -0.3 is 15.4 Å². The number of anilines is 2. The molecule has 1 aliphatic rings. The molecule has 1 atom stereocenters. The van der Waals surface area contributed by atoms with Gasteiger partial charge in [0, 0.05) is 6.54 Å². The summed E-state index contributed by atoms with van der Waals surface area (Å²) in [7, 11) is -2.17. The molecule has 1 unspecified atom stereocenters. The van der Waals surface area contributed by atoms with Gasteiger partial charge in [-0.2, -0.15) is 5.26 Å². The molecule has 1 aromatic carbocycles. The first-order valence-electron chi connectivity index (χ1n) is 6.07. The predicted molar refractivity (Wildman–Crippen MR) is 74.7 cm³/mol. The van der Waals surface area contributed by atoms with Crippen LogP contribution in [0.15, 0.2) is 23.1 Å². The fourth-order valence-electron chi connectivity index (χ4n) is 2.03. The standard InChI is InChI=1S/C12H16N4O3S/c1-15-20(17,18)10-2-3-11(14)12(6-10)16-4-5-19-9(7-13)8-16/h2-3,6,9,15H,4-5,8,14H2,1H3. The molecule has 1 saturated heterocycles. The first kappa shape index (κ1) is 14.6. The zero-order valence-corrected chi connectivity index (χ0v) is 11.9. The zero-order valence-electron chi connectivity index (χ0n) is 11.0. The summed E-state index contributed by atoms with van der Waals surface area (Å²) >= 11 is 0. The highest BCUT2D eigenvalue weighted by atomic mass is 32.2. The molecule has 1 aliphatic heterocycles. The van der Waals surface area contributed by atoms with Crippen molar-refractivity contribution >= 4 is 21.4 Å². The Kier molecular flexibility index (Phi) is 4.13. The highest BCUT2D eigenvalue weighted by molar-refractivity contribution is 7.89. The van der Waals surface area contributed by atoms with Crippen LogP contribution in [0.25, 0.3) is 0 Å². The number of rotatable bonds is 3. The Bertz CT molecular complexity index is 639. The van der Waals surface area contributed by atoms with Crippen molar-refractivity contribution in [3.63, 3.8) is 0 Å². The normalized spacial score (nSPS) is 19.6. The van der Waals surface area contributed by atoms with Crippen molar-refractivity contribution in [2.45, 2.75) is 11.0 Å². The molecule has 7 nitrogen and oxygen atoms in total. The number of sulfonamides is 1. The average molecular weight is 296 g/mol. The van der Waals surface area contributed by atoms with Crippen molar-refractivity contribution in [1.29, 1.82) is 5.26 Å². The van der Waals surface area contributed by atoms with Gasteiger partial charge in [-0.15, -0.1) is 0 Å². The topological polar surface area (TPSA) is 108 Å². The van der Waals surface area contributed by atoms with Crippen LogP contribution >= 0.6 is 0 Å². The Balaban J connectivity index is 2.37. The zero-order chi connectivity index (χ0) is 14.8. The molecule has 0 radical (unpaired) electrons. The number of benzene rings is 1. The van der Waals surface area contributed by atoms with E-state index in [-0.39, 0.29) is 4.90 Å². The molecule has 0 bridgehead atoms. The number of hydrogen-bond acceptors (Lipinski definition) is 6. The van der Waals surface area contributed by atoms with E-state index >= 15 is 0 Å². The van der Waals surface area contributed by atoms with Gasteiger partial charge in [-0.05, 0) is 25.2 Å². The van der Waals surface area contributed by atoms with Crippen molar-refractivity contribution < 1.29 is 13.2 Å². The van der Waals surface area contributed by atoms with Crippen LogP contribution in [0.2, 0.25) is 0 Å². The number of hydrogen-bond donors (Lipinski definition) is 2. The summed E-state index contributed by atoms with van der Waals surface area (Å²) in [5, 5.41) is 8.91. The molecule has 1 fully saturated rings. The van der Waals surface area contributed by atoms with Gasteiger partial charge >= 0.3 is 0 Å². The maximum absolute atomic E-state index is 11.8. The SMILES string of the molecule is CNS(=O)(=O)c1ccc(N)c(N2CCOC(C#N)C2)c1. The van der Waals surface area contributed by atoms with E-state index in [4.69, 9.17) is 15.7 Å². The maximum Gasteiger partial charge on any atom is 0.240 e. The summed E-state index contributed by atoms with van der Waals surface area (Å²) in [6, 6.07) is 6.56. The van der Waals surface area contributed by atoms with Crippen molar-refractivity contribution in [3.8, 4) is 6.07 Å². The lowest BCUT2D eigenvalue weighted by molar-refractivity contribution is 0.0765. The molecule has 0 amide bonds. The Hall–Kier alpha value is -1.82. The number of morpholine rings is 1. The summed E-state index contributed by atoms with van der Waals surface area (Å²) in [6.45, 7) is 1.33. The molecule has 0 spiro atoms. The quantitative estimate of drug-likeness (QED) is 0.754. The fourth-order valence-corrected chi connectivity index (χ4v) is 2.78. The van der Waals surface area contributed by atoms with Crippen molar-refractivity contribution in [2.75, 3.05) is 37.4 Å². The van der Waals surface area contributed by atoms with E-state index in [0.717, 1.165) is 0 Å². The van der Waals surface area contributed by atoms with Crippen LogP contribution in [0, 0.1) is 11.3 Å². The number of nitrogens with two attached hydrogens (primary N) is 1. The predicted octanol–water partition coefficient (Wildman–Crippen LogP) is -0.0943. The van der Waals surface area contributed by atoms with E-state index in [1.54, 1.807) is 6.07 Å². The first-order valence-corrected chi connectivity index (χ1v) is 7.55. The largest absolute Gasteiger partial charge is 0.397 e. The van der Waals surface area contributed by atoms with E-state index in [2.05, 4.69) is 4.72 Å². The van der Waals surface area contributed by atoms with E-state index in [0.29, 0.717) is 31.1 Å². The van der Waals surface area contributed by atoms with E-state index in [1.165, 1.54) is 19.2 Å². The summed E-state index contributed by atoms with van der Waals surface area (Å²) in [5.74, 6) is 0. The third-order valence-corrected chi connectivity index (χ3v) is 4.54. The van der Waals surface area contributed by atoms with Crippen LogP contribution < -0.4 is 15.4 Å². The van der Waals surface area contributed by atoms with Gasteiger partial charge in [0.05, 0.1) is 35.5 Å². The molecule has 3 N–H and O–H groups in total. The molecule has 20 heavy (non-hydrogen) atoms. The summed E-state index contributed by atoms with van der Waals surface area (Å²) < 4.78 is 31.2. The monoisotopic (exact) mass is 296 g/mol. The Morgan fingerprint density at radius 3 is 2.95 bits per heavy atom. The maximum atomic E-state index is 11.8. The molecule has 0 aliphatic carbocycles. The minimum Gasteiger partial charge on any atom is -0.397 e. The number of nitrogens with zero attached hydrogens (tertiary/aromatic N) is 2. The van der Waals surface area contributed by atoms with Crippen LogP contribution in [-0.2, 0) is 14.8 Å². The summed E-state index contributed by atoms with van der Waals surface area (Å²) in [5.41, 5.74) is 6.98. The highest BCUT2D eigenvalue weighted by Gasteiger charge is 2.23. The lowest BCUT2D eigenvalue weighted by atomic mass is 10.2. The highest BCUT2D eigenvalue weighted by Crippen LogP contribution is 2.28. The van der Waals surface area contributed by atoms with Crippen molar-refractivity contribution in [1.82, 2.24) is 4.72 Å². The third kappa shape index (κ3) is 2.85. The van der Waals surface area contributed by atoms with Gasteiger partial charge in [0.1, 0.15) is 0 Å². The molecule has 1 aromatic rings. The summed E-state index contributed by atoms with van der Waals surface area (Å²) in [4.78, 5) is 2.01. The van der Waals surface area contributed by atoms with E-state index in [1.807, 2.05) is 11.0 Å². The van der Waals surface area contributed by atoms with Crippen LogP contribution in [-0.4, -0.2) is 41.3 Å². The molecule has 0 saturated carbocycles. The minimum atomic E-state index is -3.52. The second-order valence-corrected chi connectivity index (χ2v) is 6.25. The molecule has 0 aromatic heterocycles. The fraction of sp³-hybridized carbons (Fsp3) is 0.417. The Morgan fingerprint density at radius 1 is 1.55 bits per heavy atom. The second kappa shape index (κ2) is 5.66. The van der Waals surface area contributed by atoms with Gasteiger partial charge in [-0.1, -0.05) is 0 Å². The lowest BCUT2D eigenvalue weighted by Gasteiger charge is -2.32. The van der Waals surface area contributed by atoms with Crippen LogP contribution in [0.1, 0.15) is 0 Å². The number of nitrogen functional groups attached to an aromatic ring is 1. The van der Waals surface area contributed by atoms with Crippen LogP contribution in [0.5, 0.6) is 0 Å². The van der Waals surface area contributed by atoms with Gasteiger partial charge in [-0.25, -0.2) is 13.1 Å². The molecule has 108 valence electrons. The Labute approximate surface area is 118 Å². The minimum absolute atomic E-state index is 0.143. The molecule has 8 heteroatoms. The Morgan fingerprint density at radius 2 is 2.30 bits per heavy atom. The molecular weight excluding hydrogens is 280 g/mol. The van der Waals surface area contributed by atoms with Gasteiger partial charge in [-0.3, -0.25) is 0 Å². The van der Waals surface area contributed by atoms with Crippen molar-refractivity contribution in [2.24, 2.45) is 0 Å². The van der Waals surface area contributed by atoms with Crippen LogP contribution in [0.4, 0.5) is 11.4 Å². The number of nitrogens with one attached hydrogen (secondary N) is 1. The van der Waals surface area contributed by atoms with E-state index in [9.17, 15) is 8.42 Å². The van der Waals surface area contributed by atoms with E-state index < -0.39 is 16.1 Å². The number of ether oxygens (including phenoxy) is 1. The smallest absolute Gasteiger partial charge is 0.240 e. The third-order valence-electron chi connectivity index (χ3n) is 3.13. The molecular formula is C12H16N4O3S. The lowest BCUT2D eigenvalue weighted by Crippen LogP contribution is -2.42. The average Bonchev–Trinajstić information content (AvgIpc) is 2.47. The molecule has 2 rings (SSSR count). The second-order valence-electron chi connectivity index (χ2n) is 4.36. The number of nitriles is 1. The van der Waals surface area contributed by atoms with Crippen molar-refractivity contribution in [3.05, 3.63) is 18.2 Å². The van der Waals surface area contributed by atoms with Gasteiger partial charge in [0.25, 0.3) is 0 Å². The molecule has 1 heterocycles. The van der Waals surface area contributed by atoms with Gasteiger partial charge in [0.2, 0.25) is 10.0 Å². The summed E-state index contributed by atoms with van der Waals surface area (Å²) in [6.07, 6.45) is -0.535.